The monoisotopic (exact) mass is 379 g/mol. The van der Waals surface area contributed by atoms with Crippen LogP contribution in [-0.2, 0) is 9.53 Å². The predicted molar refractivity (Wildman–Crippen MR) is 99.1 cm³/mol. The highest BCUT2D eigenvalue weighted by atomic mass is 35.5. The van der Waals surface area contributed by atoms with Gasteiger partial charge in [0.15, 0.2) is 6.10 Å². The van der Waals surface area contributed by atoms with Crippen molar-refractivity contribution in [3.63, 3.8) is 0 Å². The average Bonchev–Trinajstić information content (AvgIpc) is 2.55. The molecule has 0 spiro atoms. The quantitative estimate of drug-likeness (QED) is 0.764. The highest BCUT2D eigenvalue weighted by Gasteiger charge is 2.21. The second kappa shape index (κ2) is 8.37. The fourth-order valence-electron chi connectivity index (χ4n) is 2.23. The molecule has 1 N–H and O–H groups in total. The number of carbonyl (C=O) groups is 2. The van der Waals surface area contributed by atoms with Crippen LogP contribution in [0.4, 0.5) is 0 Å². The maximum absolute atomic E-state index is 12.3. The molecular formula is C19H19Cl2NO3. The van der Waals surface area contributed by atoms with Gasteiger partial charge in [-0.05, 0) is 50.6 Å². The molecule has 2 aromatic rings. The second-order valence-electron chi connectivity index (χ2n) is 5.81. The van der Waals surface area contributed by atoms with Crippen LogP contribution in [0, 0.1) is 6.92 Å². The van der Waals surface area contributed by atoms with Crippen LogP contribution in [0.25, 0.3) is 0 Å². The van der Waals surface area contributed by atoms with Crippen molar-refractivity contribution in [1.82, 2.24) is 5.32 Å². The topological polar surface area (TPSA) is 55.4 Å². The largest absolute Gasteiger partial charge is 0.449 e. The van der Waals surface area contributed by atoms with Crippen LogP contribution in [0.2, 0.25) is 10.0 Å². The molecule has 0 bridgehead atoms. The molecule has 0 heterocycles. The fraction of sp³-hybridized carbons (Fsp3) is 0.263. The number of rotatable bonds is 5. The van der Waals surface area contributed by atoms with Gasteiger partial charge >= 0.3 is 5.97 Å². The summed E-state index contributed by atoms with van der Waals surface area (Å²) in [6.45, 7) is 5.24. The van der Waals surface area contributed by atoms with Gasteiger partial charge in [-0.25, -0.2) is 4.79 Å². The van der Waals surface area contributed by atoms with Crippen molar-refractivity contribution in [1.29, 1.82) is 0 Å². The van der Waals surface area contributed by atoms with Crippen molar-refractivity contribution in [2.45, 2.75) is 32.9 Å². The number of amides is 1. The van der Waals surface area contributed by atoms with E-state index in [9.17, 15) is 9.59 Å². The Hall–Kier alpha value is -2.04. The molecular weight excluding hydrogens is 361 g/mol. The van der Waals surface area contributed by atoms with Crippen LogP contribution >= 0.6 is 23.2 Å². The number of hydrogen-bond donors (Lipinski definition) is 1. The van der Waals surface area contributed by atoms with E-state index < -0.39 is 18.0 Å². The lowest BCUT2D eigenvalue weighted by Crippen LogP contribution is -2.37. The lowest BCUT2D eigenvalue weighted by Gasteiger charge is -2.19. The zero-order valence-corrected chi connectivity index (χ0v) is 15.7. The molecule has 1 amide bonds. The van der Waals surface area contributed by atoms with E-state index in [1.165, 1.54) is 6.92 Å². The van der Waals surface area contributed by atoms with Gasteiger partial charge in [-0.15, -0.1) is 0 Å². The summed E-state index contributed by atoms with van der Waals surface area (Å²) in [6.07, 6.45) is -0.928. The van der Waals surface area contributed by atoms with E-state index in [4.69, 9.17) is 27.9 Å². The minimum atomic E-state index is -0.928. The van der Waals surface area contributed by atoms with E-state index in [1.807, 2.05) is 19.1 Å². The van der Waals surface area contributed by atoms with E-state index in [0.717, 1.165) is 11.1 Å². The Morgan fingerprint density at radius 1 is 1.04 bits per heavy atom. The van der Waals surface area contributed by atoms with E-state index in [-0.39, 0.29) is 6.04 Å². The lowest BCUT2D eigenvalue weighted by atomic mass is 10.1. The van der Waals surface area contributed by atoms with Crippen LogP contribution in [0.3, 0.4) is 0 Å². The van der Waals surface area contributed by atoms with Crippen molar-refractivity contribution < 1.29 is 14.3 Å². The summed E-state index contributed by atoms with van der Waals surface area (Å²) in [5.41, 5.74) is 2.17. The van der Waals surface area contributed by atoms with Crippen LogP contribution in [0.15, 0.2) is 42.5 Å². The Morgan fingerprint density at radius 3 is 2.28 bits per heavy atom. The summed E-state index contributed by atoms with van der Waals surface area (Å²) in [6, 6.07) is 11.7. The molecule has 0 saturated carbocycles. The zero-order valence-electron chi connectivity index (χ0n) is 14.2. The first-order chi connectivity index (χ1) is 11.8. The molecule has 0 fully saturated rings. The number of benzene rings is 2. The van der Waals surface area contributed by atoms with Gasteiger partial charge in [0, 0.05) is 10.0 Å². The number of carbonyl (C=O) groups excluding carboxylic acids is 2. The predicted octanol–water partition coefficient (Wildman–Crippen LogP) is 4.72. The molecule has 0 aliphatic heterocycles. The van der Waals surface area contributed by atoms with Crippen LogP contribution in [0.5, 0.6) is 0 Å². The molecule has 4 nitrogen and oxygen atoms in total. The first kappa shape index (κ1) is 19.3. The van der Waals surface area contributed by atoms with E-state index in [0.29, 0.717) is 15.6 Å². The Balaban J connectivity index is 1.97. The smallest absolute Gasteiger partial charge is 0.338 e. The molecule has 0 unspecified atom stereocenters. The Bertz CT molecular complexity index is 775. The number of esters is 1. The molecule has 0 aromatic heterocycles. The third-order valence-corrected chi connectivity index (χ3v) is 4.29. The van der Waals surface area contributed by atoms with Crippen molar-refractivity contribution in [3.8, 4) is 0 Å². The third-order valence-electron chi connectivity index (χ3n) is 3.73. The zero-order chi connectivity index (χ0) is 18.6. The van der Waals surface area contributed by atoms with Crippen molar-refractivity contribution in [2.24, 2.45) is 0 Å². The third kappa shape index (κ3) is 5.21. The summed E-state index contributed by atoms with van der Waals surface area (Å²) in [4.78, 5) is 24.3. The van der Waals surface area contributed by atoms with Crippen LogP contribution in [-0.4, -0.2) is 18.0 Å². The van der Waals surface area contributed by atoms with Gasteiger partial charge in [0.2, 0.25) is 0 Å². The fourth-order valence-corrected chi connectivity index (χ4v) is 2.81. The van der Waals surface area contributed by atoms with Gasteiger partial charge in [0.05, 0.1) is 11.6 Å². The summed E-state index contributed by atoms with van der Waals surface area (Å²) < 4.78 is 5.22. The van der Waals surface area contributed by atoms with Gasteiger partial charge in [0.25, 0.3) is 5.91 Å². The number of aryl methyl sites for hydroxylation is 1. The van der Waals surface area contributed by atoms with Gasteiger partial charge in [0.1, 0.15) is 0 Å². The summed E-state index contributed by atoms with van der Waals surface area (Å²) in [7, 11) is 0. The molecule has 132 valence electrons. The maximum Gasteiger partial charge on any atom is 0.338 e. The van der Waals surface area contributed by atoms with E-state index in [1.54, 1.807) is 37.3 Å². The van der Waals surface area contributed by atoms with Crippen LogP contribution in [0.1, 0.15) is 41.4 Å². The standard InChI is InChI=1S/C19H19Cl2NO3/c1-11-4-6-14(7-5-11)19(24)25-13(3)18(23)22-12(2)16-9-8-15(20)10-17(16)21/h4-10,12-13H,1-3H3,(H,22,23)/t12-,13-/m0/s1. The summed E-state index contributed by atoms with van der Waals surface area (Å²) in [5.74, 6) is -0.946. The summed E-state index contributed by atoms with van der Waals surface area (Å²) in [5, 5.41) is 3.76. The van der Waals surface area contributed by atoms with Crippen LogP contribution < -0.4 is 5.32 Å². The Labute approximate surface area is 157 Å². The SMILES string of the molecule is Cc1ccc(C(=O)O[C@@H](C)C(=O)N[C@@H](C)c2ccc(Cl)cc2Cl)cc1. The molecule has 2 rings (SSSR count). The minimum absolute atomic E-state index is 0.349. The van der Waals surface area contributed by atoms with Crippen molar-refractivity contribution >= 4 is 35.1 Å². The second-order valence-corrected chi connectivity index (χ2v) is 6.65. The molecule has 0 aliphatic carbocycles. The first-order valence-corrected chi connectivity index (χ1v) is 8.56. The average molecular weight is 380 g/mol. The van der Waals surface area contributed by atoms with Crippen molar-refractivity contribution in [2.75, 3.05) is 0 Å². The highest BCUT2D eigenvalue weighted by Crippen LogP contribution is 2.26. The van der Waals surface area contributed by atoms with E-state index in [2.05, 4.69) is 5.32 Å². The van der Waals surface area contributed by atoms with Gasteiger partial charge < -0.3 is 10.1 Å². The number of nitrogens with one attached hydrogen (secondary N) is 1. The van der Waals surface area contributed by atoms with E-state index >= 15 is 0 Å². The van der Waals surface area contributed by atoms with Gasteiger partial charge in [-0.2, -0.15) is 0 Å². The highest BCUT2D eigenvalue weighted by molar-refractivity contribution is 6.35. The molecule has 2 atom stereocenters. The van der Waals surface area contributed by atoms with Gasteiger partial charge in [-0.1, -0.05) is 47.0 Å². The molecule has 0 radical (unpaired) electrons. The first-order valence-electron chi connectivity index (χ1n) is 7.81. The normalized spacial score (nSPS) is 13.0. The van der Waals surface area contributed by atoms with Gasteiger partial charge in [-0.3, -0.25) is 4.79 Å². The minimum Gasteiger partial charge on any atom is -0.449 e. The molecule has 2 aromatic carbocycles. The molecule has 6 heteroatoms. The number of ether oxygens (including phenoxy) is 1. The molecule has 0 saturated heterocycles. The maximum atomic E-state index is 12.3. The Morgan fingerprint density at radius 2 is 1.68 bits per heavy atom. The lowest BCUT2D eigenvalue weighted by molar-refractivity contribution is -0.129. The number of hydrogen-bond acceptors (Lipinski definition) is 3. The molecule has 25 heavy (non-hydrogen) atoms. The Kier molecular flexibility index (Phi) is 6.45. The number of halogens is 2. The summed E-state index contributed by atoms with van der Waals surface area (Å²) >= 11 is 12.0. The van der Waals surface area contributed by atoms with Crippen molar-refractivity contribution in [3.05, 3.63) is 69.2 Å². The molecule has 0 aliphatic rings.